The number of esters is 1. The van der Waals surface area contributed by atoms with Crippen molar-refractivity contribution in [3.63, 3.8) is 0 Å². The summed E-state index contributed by atoms with van der Waals surface area (Å²) in [7, 11) is 0. The van der Waals surface area contributed by atoms with Crippen molar-refractivity contribution in [2.24, 2.45) is 23.2 Å². The predicted molar refractivity (Wildman–Crippen MR) is 97.9 cm³/mol. The Bertz CT molecular complexity index is 517. The summed E-state index contributed by atoms with van der Waals surface area (Å²) in [5.41, 5.74) is 1.13. The van der Waals surface area contributed by atoms with E-state index in [0.717, 1.165) is 32.4 Å². The summed E-state index contributed by atoms with van der Waals surface area (Å²) in [6.45, 7) is 8.50. The number of ether oxygens (including phenoxy) is 1. The van der Waals surface area contributed by atoms with Crippen LogP contribution in [-0.2, 0) is 9.53 Å². The van der Waals surface area contributed by atoms with Crippen LogP contribution in [0.4, 0.5) is 0 Å². The number of unbranched alkanes of at least 4 members (excludes halogenated alkanes) is 3. The van der Waals surface area contributed by atoms with Gasteiger partial charge in [0.05, 0.1) is 19.2 Å². The van der Waals surface area contributed by atoms with Gasteiger partial charge in [0.2, 0.25) is 0 Å². The molecule has 3 rings (SSSR count). The standard InChI is InChI=1S/C21H35NO3/c1-4-5-6-7-11-22-13-16-18-17(25-20(16)24)12-15-10-8-9-14(2)21(15,3)19(18)23/h10,14,16-19,22-23H,4-9,11-13H2,1-3H3/p+1/t14-,16-,17-,18+,19+,21-/m0/s1. The highest BCUT2D eigenvalue weighted by Gasteiger charge is 2.60. The zero-order valence-electron chi connectivity index (χ0n) is 16.2. The Kier molecular flexibility index (Phi) is 5.89. The topological polar surface area (TPSA) is 63.1 Å². The van der Waals surface area contributed by atoms with Gasteiger partial charge in [-0.2, -0.15) is 0 Å². The van der Waals surface area contributed by atoms with E-state index in [1.165, 1.54) is 31.3 Å². The molecule has 2 fully saturated rings. The van der Waals surface area contributed by atoms with Crippen LogP contribution in [0.1, 0.15) is 65.7 Å². The number of nitrogens with two attached hydrogens (primary N) is 1. The first-order valence-corrected chi connectivity index (χ1v) is 10.4. The predicted octanol–water partition coefficient (Wildman–Crippen LogP) is 2.42. The molecular formula is C21H36NO3+. The molecule has 1 heterocycles. The maximum atomic E-state index is 12.5. The highest BCUT2D eigenvalue weighted by atomic mass is 16.6. The fraction of sp³-hybridized carbons (Fsp3) is 0.857. The zero-order chi connectivity index (χ0) is 18.0. The molecule has 0 spiro atoms. The largest absolute Gasteiger partial charge is 0.461 e. The Morgan fingerprint density at radius 2 is 2.16 bits per heavy atom. The van der Waals surface area contributed by atoms with Gasteiger partial charge in [0, 0.05) is 17.8 Å². The average molecular weight is 351 g/mol. The fourth-order valence-electron chi connectivity index (χ4n) is 5.34. The molecule has 0 unspecified atom stereocenters. The molecule has 0 aromatic carbocycles. The van der Waals surface area contributed by atoms with Gasteiger partial charge in [0.25, 0.3) is 0 Å². The van der Waals surface area contributed by atoms with E-state index in [4.69, 9.17) is 4.74 Å². The Morgan fingerprint density at radius 1 is 1.36 bits per heavy atom. The number of carbonyl (C=O) groups excluding carboxylic acids is 1. The lowest BCUT2D eigenvalue weighted by atomic mass is 9.55. The lowest BCUT2D eigenvalue weighted by molar-refractivity contribution is -0.659. The Labute approximate surface area is 152 Å². The summed E-state index contributed by atoms with van der Waals surface area (Å²) < 4.78 is 5.71. The second-order valence-corrected chi connectivity index (χ2v) is 8.67. The van der Waals surface area contributed by atoms with Gasteiger partial charge in [-0.05, 0) is 31.6 Å². The SMILES string of the molecule is CCCCCC[NH2+]C[C@@H]1C(=O)O[C@H]2CC3=CCC[C@H](C)[C@]3(C)[C@H](O)[C@@H]21. The van der Waals surface area contributed by atoms with Crippen LogP contribution < -0.4 is 5.32 Å². The van der Waals surface area contributed by atoms with Crippen LogP contribution >= 0.6 is 0 Å². The monoisotopic (exact) mass is 350 g/mol. The fourth-order valence-corrected chi connectivity index (χ4v) is 5.34. The molecule has 1 saturated carbocycles. The highest BCUT2D eigenvalue weighted by molar-refractivity contribution is 5.76. The lowest BCUT2D eigenvalue weighted by Gasteiger charge is -2.51. The minimum atomic E-state index is -0.474. The van der Waals surface area contributed by atoms with Gasteiger partial charge >= 0.3 is 5.97 Å². The quantitative estimate of drug-likeness (QED) is 0.421. The second kappa shape index (κ2) is 7.79. The number of aliphatic hydroxyl groups is 1. The van der Waals surface area contributed by atoms with Gasteiger partial charge in [-0.25, -0.2) is 0 Å². The summed E-state index contributed by atoms with van der Waals surface area (Å²) >= 11 is 0. The number of allylic oxidation sites excluding steroid dienone is 1. The van der Waals surface area contributed by atoms with E-state index in [1.807, 2.05) is 0 Å². The van der Waals surface area contributed by atoms with Crippen LogP contribution in [0.25, 0.3) is 0 Å². The Morgan fingerprint density at radius 3 is 2.92 bits per heavy atom. The number of hydrogen-bond donors (Lipinski definition) is 2. The number of rotatable bonds is 7. The van der Waals surface area contributed by atoms with Crippen molar-refractivity contribution >= 4 is 5.97 Å². The molecule has 0 bridgehead atoms. The van der Waals surface area contributed by atoms with Crippen molar-refractivity contribution in [2.45, 2.75) is 77.9 Å². The molecule has 3 N–H and O–H groups in total. The maximum absolute atomic E-state index is 12.5. The van der Waals surface area contributed by atoms with E-state index in [2.05, 4.69) is 32.2 Å². The second-order valence-electron chi connectivity index (χ2n) is 8.67. The van der Waals surface area contributed by atoms with Gasteiger partial charge in [0.1, 0.15) is 12.0 Å². The van der Waals surface area contributed by atoms with Gasteiger partial charge in [-0.3, -0.25) is 4.79 Å². The number of carbonyl (C=O) groups is 1. The van der Waals surface area contributed by atoms with Crippen molar-refractivity contribution in [1.29, 1.82) is 0 Å². The zero-order valence-corrected chi connectivity index (χ0v) is 16.2. The third-order valence-electron chi connectivity index (χ3n) is 7.25. The van der Waals surface area contributed by atoms with E-state index in [9.17, 15) is 9.90 Å². The van der Waals surface area contributed by atoms with Crippen LogP contribution in [0.5, 0.6) is 0 Å². The summed E-state index contributed by atoms with van der Waals surface area (Å²) in [4.78, 5) is 12.5. The number of aliphatic hydroxyl groups excluding tert-OH is 1. The van der Waals surface area contributed by atoms with E-state index in [0.29, 0.717) is 5.92 Å². The lowest BCUT2D eigenvalue weighted by Crippen LogP contribution is -2.86. The first-order valence-electron chi connectivity index (χ1n) is 10.4. The molecule has 2 aliphatic carbocycles. The van der Waals surface area contributed by atoms with E-state index in [1.54, 1.807) is 0 Å². The average Bonchev–Trinajstić information content (AvgIpc) is 2.89. The van der Waals surface area contributed by atoms with Crippen molar-refractivity contribution < 1.29 is 20.0 Å². The van der Waals surface area contributed by atoms with Crippen LogP contribution in [0.15, 0.2) is 11.6 Å². The molecule has 4 heteroatoms. The molecule has 6 atom stereocenters. The molecule has 0 radical (unpaired) electrons. The van der Waals surface area contributed by atoms with Crippen molar-refractivity contribution in [1.82, 2.24) is 0 Å². The first kappa shape index (κ1) is 18.9. The van der Waals surface area contributed by atoms with Crippen LogP contribution in [0.3, 0.4) is 0 Å². The molecule has 4 nitrogen and oxygen atoms in total. The van der Waals surface area contributed by atoms with Crippen LogP contribution in [-0.4, -0.2) is 36.4 Å². The third-order valence-corrected chi connectivity index (χ3v) is 7.25. The maximum Gasteiger partial charge on any atom is 0.315 e. The Balaban J connectivity index is 1.66. The molecule has 0 amide bonds. The molecule has 0 aromatic rings. The molecule has 25 heavy (non-hydrogen) atoms. The molecule has 0 aromatic heterocycles. The molecule has 1 aliphatic heterocycles. The highest BCUT2D eigenvalue weighted by Crippen LogP contribution is 2.55. The van der Waals surface area contributed by atoms with Crippen LogP contribution in [0.2, 0.25) is 0 Å². The van der Waals surface area contributed by atoms with Gasteiger partial charge in [-0.15, -0.1) is 0 Å². The number of fused-ring (bicyclic) bond motifs is 2. The molecule has 3 aliphatic rings. The van der Waals surface area contributed by atoms with Crippen molar-refractivity contribution in [3.05, 3.63) is 11.6 Å². The van der Waals surface area contributed by atoms with Crippen molar-refractivity contribution in [3.8, 4) is 0 Å². The first-order chi connectivity index (χ1) is 12.0. The smallest absolute Gasteiger partial charge is 0.315 e. The van der Waals surface area contributed by atoms with Gasteiger partial charge < -0.3 is 15.2 Å². The van der Waals surface area contributed by atoms with E-state index >= 15 is 0 Å². The minimum absolute atomic E-state index is 0.0397. The number of quaternary nitrogens is 1. The van der Waals surface area contributed by atoms with E-state index < -0.39 is 6.10 Å². The van der Waals surface area contributed by atoms with Crippen molar-refractivity contribution in [2.75, 3.05) is 13.1 Å². The number of hydrogen-bond acceptors (Lipinski definition) is 3. The summed E-state index contributed by atoms with van der Waals surface area (Å²) in [5.74, 6) is 0.174. The summed E-state index contributed by atoms with van der Waals surface area (Å²) in [5, 5.41) is 13.5. The summed E-state index contributed by atoms with van der Waals surface area (Å²) in [6.07, 6.45) is 9.72. The minimum Gasteiger partial charge on any atom is -0.461 e. The molecule has 1 saturated heterocycles. The summed E-state index contributed by atoms with van der Waals surface area (Å²) in [6, 6.07) is 0. The van der Waals surface area contributed by atoms with Gasteiger partial charge in [-0.1, -0.05) is 45.3 Å². The van der Waals surface area contributed by atoms with Gasteiger partial charge in [0.15, 0.2) is 0 Å². The molecule has 142 valence electrons. The Hall–Kier alpha value is -0.870. The van der Waals surface area contributed by atoms with Crippen LogP contribution in [0, 0.1) is 23.2 Å². The van der Waals surface area contributed by atoms with E-state index in [-0.39, 0.29) is 29.3 Å². The normalized spacial score (nSPS) is 40.2. The third kappa shape index (κ3) is 3.40. The molecular weight excluding hydrogens is 314 g/mol.